The third kappa shape index (κ3) is 2.44. The van der Waals surface area contributed by atoms with Crippen LogP contribution in [0.5, 0.6) is 5.75 Å². The highest BCUT2D eigenvalue weighted by atomic mass is 127. The lowest BCUT2D eigenvalue weighted by Crippen LogP contribution is -2.10. The molecule has 0 bridgehead atoms. The summed E-state index contributed by atoms with van der Waals surface area (Å²) in [5.74, 6) is -0.458. The first-order valence-corrected chi connectivity index (χ1v) is 4.33. The Morgan fingerprint density at radius 2 is 2.17 bits per heavy atom. The summed E-state index contributed by atoms with van der Waals surface area (Å²) in [6.07, 6.45) is 0. The van der Waals surface area contributed by atoms with Gasteiger partial charge in [0.1, 0.15) is 5.75 Å². The number of hydrogen-bond acceptors (Lipinski definition) is 2. The number of halogens is 2. The molecule has 0 fully saturated rings. The Morgan fingerprint density at radius 1 is 1.50 bits per heavy atom. The van der Waals surface area contributed by atoms with Gasteiger partial charge in [-0.3, -0.25) is 0 Å². The number of esters is 1. The Bertz CT molecular complexity index is 288. The highest BCUT2D eigenvalue weighted by molar-refractivity contribution is 14.1. The topological polar surface area (TPSA) is 26.3 Å². The Morgan fingerprint density at radius 3 is 2.75 bits per heavy atom. The molecule has 1 aromatic rings. The molecule has 0 radical (unpaired) electrons. The van der Waals surface area contributed by atoms with Crippen LogP contribution in [-0.4, -0.2) is 12.6 Å². The molecule has 0 aliphatic carbocycles. The highest BCUT2D eigenvalue weighted by Gasteiger charge is 2.05. The van der Waals surface area contributed by atoms with E-state index in [1.54, 1.807) is 18.2 Å². The summed E-state index contributed by atoms with van der Waals surface area (Å²) in [6, 6.07) is 6.94. The zero-order valence-corrected chi connectivity index (χ0v) is 8.25. The van der Waals surface area contributed by atoms with Crippen LogP contribution in [0, 0.1) is 3.57 Å². The van der Waals surface area contributed by atoms with E-state index in [9.17, 15) is 9.18 Å². The standard InChI is InChI=1S/C8H6FIO2/c9-5-8(11)12-7-4-2-1-3-6(7)10/h1-4H,5H2. The molecule has 0 aliphatic rings. The van der Waals surface area contributed by atoms with Gasteiger partial charge in [0.05, 0.1) is 3.57 Å². The normalized spacial score (nSPS) is 9.50. The number of alkyl halides is 1. The molecule has 0 saturated heterocycles. The molecule has 64 valence electrons. The first-order chi connectivity index (χ1) is 5.74. The third-order valence-electron chi connectivity index (χ3n) is 1.17. The fraction of sp³-hybridized carbons (Fsp3) is 0.125. The molecule has 12 heavy (non-hydrogen) atoms. The second-order valence-corrected chi connectivity index (χ2v) is 3.20. The van der Waals surface area contributed by atoms with Gasteiger partial charge >= 0.3 is 5.97 Å². The maximum atomic E-state index is 11.7. The maximum absolute atomic E-state index is 11.7. The van der Waals surface area contributed by atoms with E-state index in [2.05, 4.69) is 4.74 Å². The third-order valence-corrected chi connectivity index (χ3v) is 2.06. The minimum Gasteiger partial charge on any atom is -0.423 e. The van der Waals surface area contributed by atoms with Gasteiger partial charge in [0.2, 0.25) is 0 Å². The molecule has 1 rings (SSSR count). The summed E-state index contributed by atoms with van der Waals surface area (Å²) >= 11 is 2.01. The summed E-state index contributed by atoms with van der Waals surface area (Å²) in [4.78, 5) is 10.5. The molecule has 0 amide bonds. The van der Waals surface area contributed by atoms with Gasteiger partial charge in [-0.15, -0.1) is 0 Å². The number of hydrogen-bond donors (Lipinski definition) is 0. The summed E-state index contributed by atoms with van der Waals surface area (Å²) < 4.78 is 17.2. The number of ether oxygens (including phenoxy) is 1. The van der Waals surface area contributed by atoms with E-state index in [1.165, 1.54) is 0 Å². The number of carbonyl (C=O) groups is 1. The van der Waals surface area contributed by atoms with Crippen molar-refractivity contribution in [2.45, 2.75) is 0 Å². The molecule has 0 aliphatic heterocycles. The zero-order valence-electron chi connectivity index (χ0n) is 6.09. The van der Waals surface area contributed by atoms with Crippen molar-refractivity contribution in [2.24, 2.45) is 0 Å². The number of benzene rings is 1. The number of para-hydroxylation sites is 1. The van der Waals surface area contributed by atoms with Gasteiger partial charge in [-0.2, -0.15) is 0 Å². The van der Waals surface area contributed by atoms with Crippen molar-refractivity contribution in [1.82, 2.24) is 0 Å². The molecule has 0 heterocycles. The molecule has 0 spiro atoms. The van der Waals surface area contributed by atoms with E-state index in [1.807, 2.05) is 28.7 Å². The van der Waals surface area contributed by atoms with Crippen LogP contribution in [-0.2, 0) is 4.79 Å². The lowest BCUT2D eigenvalue weighted by Gasteiger charge is -2.02. The van der Waals surface area contributed by atoms with Crippen LogP contribution < -0.4 is 4.74 Å². The Labute approximate surface area is 82.9 Å². The number of rotatable bonds is 2. The van der Waals surface area contributed by atoms with Crippen LogP contribution in [0.25, 0.3) is 0 Å². The average molecular weight is 280 g/mol. The maximum Gasteiger partial charge on any atom is 0.342 e. The van der Waals surface area contributed by atoms with Crippen molar-refractivity contribution in [3.8, 4) is 5.75 Å². The van der Waals surface area contributed by atoms with Crippen molar-refractivity contribution in [1.29, 1.82) is 0 Å². The van der Waals surface area contributed by atoms with Crippen molar-refractivity contribution >= 4 is 28.6 Å². The molecular weight excluding hydrogens is 274 g/mol. The van der Waals surface area contributed by atoms with Crippen LogP contribution in [0.2, 0.25) is 0 Å². The minimum absolute atomic E-state index is 0.403. The van der Waals surface area contributed by atoms with Gasteiger partial charge in [-0.25, -0.2) is 9.18 Å². The molecule has 0 unspecified atom stereocenters. The van der Waals surface area contributed by atoms with Gasteiger partial charge < -0.3 is 4.74 Å². The Balaban J connectivity index is 2.75. The van der Waals surface area contributed by atoms with Gasteiger partial charge in [0, 0.05) is 0 Å². The lowest BCUT2D eigenvalue weighted by atomic mass is 10.3. The quantitative estimate of drug-likeness (QED) is 0.471. The second kappa shape index (κ2) is 4.39. The highest BCUT2D eigenvalue weighted by Crippen LogP contribution is 2.19. The van der Waals surface area contributed by atoms with Gasteiger partial charge in [0.15, 0.2) is 6.67 Å². The fourth-order valence-corrected chi connectivity index (χ4v) is 1.17. The molecule has 4 heteroatoms. The van der Waals surface area contributed by atoms with Gasteiger partial charge in [0.25, 0.3) is 0 Å². The molecule has 1 aromatic carbocycles. The van der Waals surface area contributed by atoms with Crippen LogP contribution in [0.3, 0.4) is 0 Å². The van der Waals surface area contributed by atoms with E-state index in [4.69, 9.17) is 0 Å². The van der Waals surface area contributed by atoms with Crippen LogP contribution in [0.1, 0.15) is 0 Å². The predicted molar refractivity (Wildman–Crippen MR) is 50.8 cm³/mol. The molecule has 0 saturated carbocycles. The summed E-state index contributed by atoms with van der Waals surface area (Å²) in [7, 11) is 0. The zero-order chi connectivity index (χ0) is 8.97. The molecule has 0 N–H and O–H groups in total. The van der Waals surface area contributed by atoms with E-state index < -0.39 is 12.6 Å². The molecule has 0 aromatic heterocycles. The average Bonchev–Trinajstić information content (AvgIpc) is 2.09. The van der Waals surface area contributed by atoms with Crippen LogP contribution in [0.15, 0.2) is 24.3 Å². The van der Waals surface area contributed by atoms with Crippen molar-refractivity contribution in [2.75, 3.05) is 6.67 Å². The molecular formula is C8H6FIO2. The first kappa shape index (κ1) is 9.44. The summed E-state index contributed by atoms with van der Waals surface area (Å²) in [5, 5.41) is 0. The summed E-state index contributed by atoms with van der Waals surface area (Å²) in [5.41, 5.74) is 0. The smallest absolute Gasteiger partial charge is 0.342 e. The van der Waals surface area contributed by atoms with E-state index in [0.29, 0.717) is 5.75 Å². The lowest BCUT2D eigenvalue weighted by molar-refractivity contribution is -0.135. The van der Waals surface area contributed by atoms with Gasteiger partial charge in [-0.05, 0) is 34.7 Å². The van der Waals surface area contributed by atoms with Crippen LogP contribution in [0.4, 0.5) is 4.39 Å². The van der Waals surface area contributed by atoms with Crippen molar-refractivity contribution < 1.29 is 13.9 Å². The minimum atomic E-state index is -1.09. The largest absolute Gasteiger partial charge is 0.423 e. The van der Waals surface area contributed by atoms with Gasteiger partial charge in [-0.1, -0.05) is 12.1 Å². The van der Waals surface area contributed by atoms with Crippen molar-refractivity contribution in [3.63, 3.8) is 0 Å². The fourth-order valence-electron chi connectivity index (χ4n) is 0.677. The first-order valence-electron chi connectivity index (χ1n) is 3.25. The predicted octanol–water partition coefficient (Wildman–Crippen LogP) is 2.17. The van der Waals surface area contributed by atoms with Crippen molar-refractivity contribution in [3.05, 3.63) is 27.8 Å². The SMILES string of the molecule is O=C(CF)Oc1ccccc1I. The van der Waals surface area contributed by atoms with E-state index in [-0.39, 0.29) is 0 Å². The Kier molecular flexibility index (Phi) is 3.46. The van der Waals surface area contributed by atoms with E-state index >= 15 is 0 Å². The van der Waals surface area contributed by atoms with E-state index in [0.717, 1.165) is 3.57 Å². The van der Waals surface area contributed by atoms with Crippen LogP contribution >= 0.6 is 22.6 Å². The monoisotopic (exact) mass is 280 g/mol. The second-order valence-electron chi connectivity index (χ2n) is 2.04. The Hall–Kier alpha value is -0.650. The molecule has 2 nitrogen and oxygen atoms in total. The number of carbonyl (C=O) groups excluding carboxylic acids is 1. The molecule has 0 atom stereocenters. The summed E-state index contributed by atoms with van der Waals surface area (Å²) in [6.45, 7) is -1.09.